The van der Waals surface area contributed by atoms with E-state index in [1.165, 1.54) is 12.1 Å². The van der Waals surface area contributed by atoms with Gasteiger partial charge in [-0.2, -0.15) is 0 Å². The van der Waals surface area contributed by atoms with E-state index in [-0.39, 0.29) is 11.7 Å². The largest absolute Gasteiger partial charge is 0.324 e. The Morgan fingerprint density at radius 2 is 1.75 bits per heavy atom. The molecule has 1 amide bonds. The molecule has 2 N–H and O–H groups in total. The molecule has 3 nitrogen and oxygen atoms in total. The molecule has 104 valence electrons. The Hall–Kier alpha value is -2.20. The Labute approximate surface area is 117 Å². The summed E-state index contributed by atoms with van der Waals surface area (Å²) < 4.78 is 12.8. The molecule has 0 saturated carbocycles. The molecule has 2 aromatic rings. The third-order valence-electron chi connectivity index (χ3n) is 2.92. The fourth-order valence-electron chi connectivity index (χ4n) is 1.96. The van der Waals surface area contributed by atoms with Crippen LogP contribution in [0.3, 0.4) is 0 Å². The van der Waals surface area contributed by atoms with Crippen molar-refractivity contribution >= 4 is 11.6 Å². The third kappa shape index (κ3) is 3.65. The first-order chi connectivity index (χ1) is 9.70. The van der Waals surface area contributed by atoms with Gasteiger partial charge < -0.3 is 10.6 Å². The number of hydrogen-bond donors (Lipinski definition) is 2. The van der Waals surface area contributed by atoms with Crippen LogP contribution in [-0.2, 0) is 4.79 Å². The summed E-state index contributed by atoms with van der Waals surface area (Å²) in [7, 11) is 0. The lowest BCUT2D eigenvalue weighted by Crippen LogP contribution is -2.32. The minimum absolute atomic E-state index is 0.162. The van der Waals surface area contributed by atoms with Crippen molar-refractivity contribution in [1.82, 2.24) is 5.32 Å². The topological polar surface area (TPSA) is 41.1 Å². The van der Waals surface area contributed by atoms with Crippen molar-refractivity contribution in [3.63, 3.8) is 0 Å². The summed E-state index contributed by atoms with van der Waals surface area (Å²) in [5.41, 5.74) is 1.48. The van der Waals surface area contributed by atoms with Crippen LogP contribution in [0, 0.1) is 5.82 Å². The van der Waals surface area contributed by atoms with Crippen molar-refractivity contribution in [1.29, 1.82) is 0 Å². The number of carbonyl (C=O) groups is 1. The molecule has 2 rings (SSSR count). The molecule has 0 saturated heterocycles. The lowest BCUT2D eigenvalue weighted by atomic mass is 10.1. The van der Waals surface area contributed by atoms with Crippen molar-refractivity contribution in [2.45, 2.75) is 13.0 Å². The first kappa shape index (κ1) is 14.2. The van der Waals surface area contributed by atoms with Crippen LogP contribution in [0.25, 0.3) is 0 Å². The van der Waals surface area contributed by atoms with Crippen LogP contribution in [0.2, 0.25) is 0 Å². The van der Waals surface area contributed by atoms with E-state index < -0.39 is 6.04 Å². The van der Waals surface area contributed by atoms with Crippen molar-refractivity contribution in [3.8, 4) is 0 Å². The van der Waals surface area contributed by atoms with Gasteiger partial charge in [0.15, 0.2) is 0 Å². The maximum atomic E-state index is 12.8. The van der Waals surface area contributed by atoms with E-state index >= 15 is 0 Å². The number of likely N-dealkylation sites (N-methyl/N-ethyl adjacent to an activating group) is 1. The lowest BCUT2D eigenvalue weighted by Gasteiger charge is -2.18. The van der Waals surface area contributed by atoms with Crippen LogP contribution in [0.1, 0.15) is 18.5 Å². The number of anilines is 1. The Bertz CT molecular complexity index is 554. The molecule has 0 spiro atoms. The molecule has 0 unspecified atom stereocenters. The average Bonchev–Trinajstić information content (AvgIpc) is 2.48. The number of rotatable bonds is 5. The molecule has 20 heavy (non-hydrogen) atoms. The van der Waals surface area contributed by atoms with E-state index in [9.17, 15) is 9.18 Å². The van der Waals surface area contributed by atoms with Crippen molar-refractivity contribution < 1.29 is 9.18 Å². The average molecular weight is 272 g/mol. The summed E-state index contributed by atoms with van der Waals surface area (Å²) in [5.74, 6) is -0.487. The van der Waals surface area contributed by atoms with Crippen LogP contribution in [-0.4, -0.2) is 12.5 Å². The number of halogens is 1. The highest BCUT2D eigenvalue weighted by Gasteiger charge is 2.19. The molecule has 1 atom stereocenters. The van der Waals surface area contributed by atoms with Crippen LogP contribution in [0.5, 0.6) is 0 Å². The summed E-state index contributed by atoms with van der Waals surface area (Å²) in [4.78, 5) is 12.3. The molecule has 2 aromatic carbocycles. The number of amides is 1. The predicted molar refractivity (Wildman–Crippen MR) is 77.9 cm³/mol. The Kier molecular flexibility index (Phi) is 4.85. The van der Waals surface area contributed by atoms with Gasteiger partial charge in [-0.05, 0) is 36.4 Å². The SMILES string of the molecule is CCN[C@@H](C(=O)Nc1ccc(F)cc1)c1ccccc1. The second-order valence-electron chi connectivity index (χ2n) is 4.40. The van der Waals surface area contributed by atoms with E-state index in [1.807, 2.05) is 37.3 Å². The summed E-state index contributed by atoms with van der Waals surface area (Å²) >= 11 is 0. The third-order valence-corrected chi connectivity index (χ3v) is 2.92. The maximum absolute atomic E-state index is 12.8. The smallest absolute Gasteiger partial charge is 0.246 e. The first-order valence-electron chi connectivity index (χ1n) is 6.55. The zero-order chi connectivity index (χ0) is 14.4. The summed E-state index contributed by atoms with van der Waals surface area (Å²) in [6, 6.07) is 14.8. The fourth-order valence-corrected chi connectivity index (χ4v) is 1.96. The molecule has 4 heteroatoms. The van der Waals surface area contributed by atoms with Gasteiger partial charge in [0.2, 0.25) is 5.91 Å². The van der Waals surface area contributed by atoms with Gasteiger partial charge in [0.05, 0.1) is 0 Å². The minimum atomic E-state index is -0.425. The molecule has 0 aliphatic rings. The van der Waals surface area contributed by atoms with Crippen molar-refractivity contribution in [2.24, 2.45) is 0 Å². The van der Waals surface area contributed by atoms with E-state index in [1.54, 1.807) is 12.1 Å². The molecule has 0 fully saturated rings. The Morgan fingerprint density at radius 1 is 1.10 bits per heavy atom. The van der Waals surface area contributed by atoms with Gasteiger partial charge >= 0.3 is 0 Å². The second kappa shape index (κ2) is 6.82. The highest BCUT2D eigenvalue weighted by Crippen LogP contribution is 2.16. The highest BCUT2D eigenvalue weighted by molar-refractivity contribution is 5.95. The summed E-state index contributed by atoms with van der Waals surface area (Å²) in [6.45, 7) is 2.62. The predicted octanol–water partition coefficient (Wildman–Crippen LogP) is 3.12. The molecule has 0 bridgehead atoms. The Morgan fingerprint density at radius 3 is 2.35 bits per heavy atom. The number of nitrogens with one attached hydrogen (secondary N) is 2. The summed E-state index contributed by atoms with van der Waals surface area (Å²) in [5, 5.41) is 5.93. The molecule has 0 radical (unpaired) electrons. The molecular weight excluding hydrogens is 255 g/mol. The van der Waals surface area contributed by atoms with Gasteiger partial charge in [-0.15, -0.1) is 0 Å². The zero-order valence-corrected chi connectivity index (χ0v) is 11.3. The molecule has 0 aliphatic heterocycles. The van der Waals surface area contributed by atoms with Gasteiger partial charge in [-0.25, -0.2) is 4.39 Å². The van der Waals surface area contributed by atoms with Crippen LogP contribution in [0.15, 0.2) is 54.6 Å². The van der Waals surface area contributed by atoms with Gasteiger partial charge in [0.25, 0.3) is 0 Å². The van der Waals surface area contributed by atoms with Crippen molar-refractivity contribution in [2.75, 3.05) is 11.9 Å². The van der Waals surface area contributed by atoms with Crippen LogP contribution in [0.4, 0.5) is 10.1 Å². The van der Waals surface area contributed by atoms with Gasteiger partial charge in [-0.1, -0.05) is 37.3 Å². The number of benzene rings is 2. The van der Waals surface area contributed by atoms with E-state index in [0.29, 0.717) is 12.2 Å². The van der Waals surface area contributed by atoms with Crippen molar-refractivity contribution in [3.05, 3.63) is 66.0 Å². The normalized spacial score (nSPS) is 11.9. The fraction of sp³-hybridized carbons (Fsp3) is 0.188. The molecule has 0 heterocycles. The summed E-state index contributed by atoms with van der Waals surface area (Å²) in [6.07, 6.45) is 0. The Balaban J connectivity index is 2.13. The maximum Gasteiger partial charge on any atom is 0.246 e. The number of hydrogen-bond acceptors (Lipinski definition) is 2. The zero-order valence-electron chi connectivity index (χ0n) is 11.3. The van der Waals surface area contributed by atoms with Gasteiger partial charge in [0.1, 0.15) is 11.9 Å². The van der Waals surface area contributed by atoms with Gasteiger partial charge in [-0.3, -0.25) is 4.79 Å². The van der Waals surface area contributed by atoms with Crippen LogP contribution >= 0.6 is 0 Å². The second-order valence-corrected chi connectivity index (χ2v) is 4.40. The lowest BCUT2D eigenvalue weighted by molar-refractivity contribution is -0.118. The van der Waals surface area contributed by atoms with Crippen LogP contribution < -0.4 is 10.6 Å². The quantitative estimate of drug-likeness (QED) is 0.878. The highest BCUT2D eigenvalue weighted by atomic mass is 19.1. The van der Waals surface area contributed by atoms with E-state index in [0.717, 1.165) is 5.56 Å². The minimum Gasteiger partial charge on any atom is -0.324 e. The molecule has 0 aliphatic carbocycles. The van der Waals surface area contributed by atoms with Gasteiger partial charge in [0, 0.05) is 5.69 Å². The monoisotopic (exact) mass is 272 g/mol. The number of carbonyl (C=O) groups excluding carboxylic acids is 1. The molecule has 0 aromatic heterocycles. The van der Waals surface area contributed by atoms with E-state index in [4.69, 9.17) is 0 Å². The standard InChI is InChI=1S/C16H17FN2O/c1-2-18-15(12-6-4-3-5-7-12)16(20)19-14-10-8-13(17)9-11-14/h3-11,15,18H,2H2,1H3,(H,19,20)/t15-/m1/s1. The van der Waals surface area contributed by atoms with E-state index in [2.05, 4.69) is 10.6 Å². The first-order valence-corrected chi connectivity index (χ1v) is 6.55. The molecular formula is C16H17FN2O.